The first kappa shape index (κ1) is 20.1. The van der Waals surface area contributed by atoms with Crippen molar-refractivity contribution in [1.29, 1.82) is 0 Å². The Balaban J connectivity index is 1.79. The van der Waals surface area contributed by atoms with Crippen molar-refractivity contribution < 1.29 is 23.9 Å². The Hall–Kier alpha value is -3.61. The number of rotatable bonds is 7. The van der Waals surface area contributed by atoms with E-state index in [1.165, 1.54) is 9.47 Å². The van der Waals surface area contributed by atoms with Crippen molar-refractivity contribution in [3.05, 3.63) is 71.6 Å². The van der Waals surface area contributed by atoms with E-state index in [2.05, 4.69) is 6.58 Å². The van der Waals surface area contributed by atoms with E-state index in [4.69, 9.17) is 9.47 Å². The predicted octanol–water partition coefficient (Wildman–Crippen LogP) is 3.27. The predicted molar refractivity (Wildman–Crippen MR) is 108 cm³/mol. The fourth-order valence-electron chi connectivity index (χ4n) is 3.27. The lowest BCUT2D eigenvalue weighted by Crippen LogP contribution is -2.40. The summed E-state index contributed by atoms with van der Waals surface area (Å²) >= 11 is 0. The van der Waals surface area contributed by atoms with Gasteiger partial charge in [0.2, 0.25) is 6.41 Å². The van der Waals surface area contributed by atoms with Crippen molar-refractivity contribution >= 4 is 30.6 Å². The normalized spacial score (nSPS) is 16.1. The van der Waals surface area contributed by atoms with Crippen molar-refractivity contribution in [3.63, 3.8) is 0 Å². The van der Waals surface area contributed by atoms with E-state index in [9.17, 15) is 14.4 Å². The zero-order valence-electron chi connectivity index (χ0n) is 16.1. The molecule has 0 saturated carbocycles. The Kier molecular flexibility index (Phi) is 6.29. The molecule has 2 heterocycles. The van der Waals surface area contributed by atoms with Crippen LogP contribution in [0.15, 0.2) is 49.2 Å². The van der Waals surface area contributed by atoms with Gasteiger partial charge in [-0.3, -0.25) is 14.3 Å². The number of allylic oxidation sites excluding steroid dienone is 1. The van der Waals surface area contributed by atoms with E-state index >= 15 is 0 Å². The first-order chi connectivity index (χ1) is 14.1. The minimum Gasteiger partial charge on any atom is -0.444 e. The molecule has 2 aromatic rings. The molecule has 0 radical (unpaired) electrons. The molecule has 1 amide bonds. The molecule has 1 fully saturated rings. The third-order valence-corrected chi connectivity index (χ3v) is 4.68. The molecule has 0 spiro atoms. The first-order valence-corrected chi connectivity index (χ1v) is 9.17. The molecule has 1 aliphatic rings. The molecular formula is C22H22N2O5. The highest BCUT2D eigenvalue weighted by Crippen LogP contribution is 2.25. The number of carbonyl (C=O) groups excluding carboxylic acids is 3. The highest BCUT2D eigenvalue weighted by Gasteiger charge is 2.39. The van der Waals surface area contributed by atoms with E-state index in [-0.39, 0.29) is 19.8 Å². The molecule has 1 saturated heterocycles. The van der Waals surface area contributed by atoms with Crippen molar-refractivity contribution in [2.45, 2.75) is 26.0 Å². The molecule has 7 nitrogen and oxygen atoms in total. The van der Waals surface area contributed by atoms with Gasteiger partial charge in [-0.1, -0.05) is 49.1 Å². The summed E-state index contributed by atoms with van der Waals surface area (Å²) in [5.74, 6) is -0.507. The average molecular weight is 394 g/mol. The van der Waals surface area contributed by atoms with Gasteiger partial charge in [0.1, 0.15) is 12.6 Å². The van der Waals surface area contributed by atoms with Gasteiger partial charge in [0, 0.05) is 18.2 Å². The van der Waals surface area contributed by atoms with Crippen LogP contribution < -0.4 is 0 Å². The molecule has 7 heteroatoms. The number of amides is 1. The van der Waals surface area contributed by atoms with Crippen LogP contribution in [0.3, 0.4) is 0 Å². The van der Waals surface area contributed by atoms with Gasteiger partial charge in [0.25, 0.3) is 0 Å². The molecular weight excluding hydrogens is 372 g/mol. The summed E-state index contributed by atoms with van der Waals surface area (Å²) in [5, 5.41) is 0. The van der Waals surface area contributed by atoms with Crippen molar-refractivity contribution in [2.24, 2.45) is 0 Å². The smallest absolute Gasteiger partial charge is 0.413 e. The zero-order chi connectivity index (χ0) is 20.8. The van der Waals surface area contributed by atoms with Crippen LogP contribution in [0.2, 0.25) is 0 Å². The number of benzene rings is 1. The molecule has 150 valence electrons. The summed E-state index contributed by atoms with van der Waals surface area (Å²) in [6.07, 6.45) is 7.12. The highest BCUT2D eigenvalue weighted by atomic mass is 16.6. The number of cyclic esters (lactones) is 1. The molecule has 1 aromatic carbocycles. The van der Waals surface area contributed by atoms with Gasteiger partial charge in [0.15, 0.2) is 6.73 Å². The van der Waals surface area contributed by atoms with Crippen molar-refractivity contribution in [3.8, 4) is 0 Å². The van der Waals surface area contributed by atoms with E-state index in [1.807, 2.05) is 49.4 Å². The minimum absolute atomic E-state index is 0.100. The Labute approximate surface area is 168 Å². The van der Waals surface area contributed by atoms with Gasteiger partial charge in [-0.25, -0.2) is 9.59 Å². The monoisotopic (exact) mass is 394 g/mol. The Bertz CT molecular complexity index is 946. The Morgan fingerprint density at radius 2 is 2.10 bits per heavy atom. The minimum atomic E-state index is -0.831. The number of esters is 1. The SMILES string of the molecule is C=Cc1c(/C=C\C)c(CC2C(=O)OCN2C(=O)OCc2ccccc2)cn1C=O. The maximum absolute atomic E-state index is 12.5. The summed E-state index contributed by atoms with van der Waals surface area (Å²) < 4.78 is 11.8. The quantitative estimate of drug-likeness (QED) is 0.532. The Morgan fingerprint density at radius 3 is 2.76 bits per heavy atom. The molecule has 0 aliphatic carbocycles. The molecule has 1 aliphatic heterocycles. The summed E-state index contributed by atoms with van der Waals surface area (Å²) in [7, 11) is 0. The molecule has 1 atom stereocenters. The summed E-state index contributed by atoms with van der Waals surface area (Å²) in [5.41, 5.74) is 2.97. The number of aromatic nitrogens is 1. The van der Waals surface area contributed by atoms with Crippen LogP contribution in [0.1, 0.15) is 29.3 Å². The average Bonchev–Trinajstić information content (AvgIpc) is 3.27. The van der Waals surface area contributed by atoms with Crippen LogP contribution in [0.5, 0.6) is 0 Å². The highest BCUT2D eigenvalue weighted by molar-refractivity contribution is 5.84. The Morgan fingerprint density at radius 1 is 1.34 bits per heavy atom. The van der Waals surface area contributed by atoms with E-state index < -0.39 is 18.1 Å². The van der Waals surface area contributed by atoms with E-state index in [0.717, 1.165) is 16.7 Å². The number of carbonyl (C=O) groups is 3. The standard InChI is InChI=1S/C22H22N2O5/c1-3-8-18-17(12-23(14-25)19(18)4-2)11-20-21(26)29-15-24(20)22(27)28-13-16-9-6-5-7-10-16/h3-10,12,14,20H,2,11,13,15H2,1H3/b8-3-. The summed E-state index contributed by atoms with van der Waals surface area (Å²) in [6.45, 7) is 5.53. The summed E-state index contributed by atoms with van der Waals surface area (Å²) in [4.78, 5) is 37.4. The molecule has 1 aromatic heterocycles. The molecule has 0 bridgehead atoms. The second kappa shape index (κ2) is 9.05. The van der Waals surface area contributed by atoms with Crippen LogP contribution in [0.4, 0.5) is 4.79 Å². The molecule has 3 rings (SSSR count). The van der Waals surface area contributed by atoms with Crippen LogP contribution in [-0.4, -0.2) is 40.7 Å². The second-order valence-corrected chi connectivity index (χ2v) is 6.49. The number of nitrogens with zero attached hydrogens (tertiary/aromatic N) is 2. The fourth-order valence-corrected chi connectivity index (χ4v) is 3.27. The lowest BCUT2D eigenvalue weighted by atomic mass is 10.0. The third-order valence-electron chi connectivity index (χ3n) is 4.68. The van der Waals surface area contributed by atoms with Gasteiger partial charge in [-0.2, -0.15) is 0 Å². The van der Waals surface area contributed by atoms with Gasteiger partial charge >= 0.3 is 12.1 Å². The second-order valence-electron chi connectivity index (χ2n) is 6.49. The van der Waals surface area contributed by atoms with E-state index in [1.54, 1.807) is 12.3 Å². The maximum Gasteiger partial charge on any atom is 0.413 e. The molecule has 29 heavy (non-hydrogen) atoms. The topological polar surface area (TPSA) is 77.8 Å². The number of hydrogen-bond donors (Lipinski definition) is 0. The first-order valence-electron chi connectivity index (χ1n) is 9.17. The van der Waals surface area contributed by atoms with E-state index in [0.29, 0.717) is 12.1 Å². The lowest BCUT2D eigenvalue weighted by Gasteiger charge is -2.19. The van der Waals surface area contributed by atoms with Gasteiger partial charge in [0.05, 0.1) is 5.69 Å². The van der Waals surface area contributed by atoms with Gasteiger partial charge in [-0.05, 0) is 24.1 Å². The van der Waals surface area contributed by atoms with Crippen LogP contribution in [0, 0.1) is 0 Å². The number of ether oxygens (including phenoxy) is 2. The maximum atomic E-state index is 12.5. The van der Waals surface area contributed by atoms with Crippen LogP contribution in [-0.2, 0) is 32.1 Å². The lowest BCUT2D eigenvalue weighted by molar-refractivity contribution is -0.139. The number of hydrogen-bond acceptors (Lipinski definition) is 5. The van der Waals surface area contributed by atoms with Gasteiger partial charge < -0.3 is 9.47 Å². The van der Waals surface area contributed by atoms with Crippen LogP contribution in [0.25, 0.3) is 12.2 Å². The van der Waals surface area contributed by atoms with Crippen molar-refractivity contribution in [2.75, 3.05) is 6.73 Å². The van der Waals surface area contributed by atoms with Crippen LogP contribution >= 0.6 is 0 Å². The van der Waals surface area contributed by atoms with Gasteiger partial charge in [-0.15, -0.1) is 0 Å². The molecule has 1 unspecified atom stereocenters. The summed E-state index contributed by atoms with van der Waals surface area (Å²) in [6, 6.07) is 8.44. The fraction of sp³-hybridized carbons (Fsp3) is 0.227. The zero-order valence-corrected chi connectivity index (χ0v) is 16.1. The van der Waals surface area contributed by atoms with Crippen molar-refractivity contribution in [1.82, 2.24) is 9.47 Å². The third kappa shape index (κ3) is 4.29. The molecule has 0 N–H and O–H groups in total. The largest absolute Gasteiger partial charge is 0.444 e.